The number of oxazole rings is 1. The van der Waals surface area contributed by atoms with Crippen molar-refractivity contribution < 1.29 is 18.7 Å². The first-order valence-electron chi connectivity index (χ1n) is 6.81. The predicted octanol–water partition coefficient (Wildman–Crippen LogP) is 4.49. The monoisotopic (exact) mass is 329 g/mol. The number of aromatic nitrogens is 1. The number of hydrogen-bond donors (Lipinski definition) is 1. The minimum atomic E-state index is -0.914. The quantitative estimate of drug-likeness (QED) is 0.599. The zero-order chi connectivity index (χ0) is 16.2. The summed E-state index contributed by atoms with van der Waals surface area (Å²) in [6.07, 6.45) is 1.26. The molecular weight excluding hydrogens is 318 g/mol. The van der Waals surface area contributed by atoms with Gasteiger partial charge in [0.15, 0.2) is 0 Å². The Morgan fingerprint density at radius 1 is 1.17 bits per heavy atom. The van der Waals surface area contributed by atoms with E-state index < -0.39 is 5.97 Å². The van der Waals surface area contributed by atoms with Crippen molar-refractivity contribution in [1.82, 2.24) is 4.98 Å². The highest BCUT2D eigenvalue weighted by atomic mass is 35.5. The number of nitrogens with zero attached hydrogens (tertiary/aromatic N) is 1. The number of aliphatic carboxylic acids is 1. The number of carboxylic acids is 1. The van der Waals surface area contributed by atoms with Crippen LogP contribution < -0.4 is 0 Å². The number of rotatable bonds is 3. The third kappa shape index (κ3) is 3.70. The second-order valence-corrected chi connectivity index (χ2v) is 5.18. The predicted molar refractivity (Wildman–Crippen MR) is 85.7 cm³/mol. The van der Waals surface area contributed by atoms with Crippen LogP contribution in [-0.2, 0) is 11.2 Å². The van der Waals surface area contributed by atoms with Crippen molar-refractivity contribution in [2.45, 2.75) is 6.42 Å². The zero-order valence-electron chi connectivity index (χ0n) is 11.9. The molecule has 1 aromatic carbocycles. The highest BCUT2D eigenvalue weighted by molar-refractivity contribution is 6.34. The molecule has 3 aromatic heterocycles. The number of carbonyl (C=O) groups is 1. The normalized spacial score (nSPS) is 10.5. The first-order chi connectivity index (χ1) is 11.1. The minimum absolute atomic E-state index is 0.115. The van der Waals surface area contributed by atoms with E-state index >= 15 is 0 Å². The van der Waals surface area contributed by atoms with Crippen molar-refractivity contribution in [3.05, 3.63) is 65.5 Å². The van der Waals surface area contributed by atoms with Gasteiger partial charge in [0.05, 0.1) is 17.1 Å². The molecule has 0 atom stereocenters. The summed E-state index contributed by atoms with van der Waals surface area (Å²) in [5.74, 6) is -0.463. The van der Waals surface area contributed by atoms with E-state index in [0.717, 1.165) is 16.7 Å². The highest BCUT2D eigenvalue weighted by Crippen LogP contribution is 2.25. The molecule has 23 heavy (non-hydrogen) atoms. The lowest BCUT2D eigenvalue weighted by molar-refractivity contribution is -0.136. The molecule has 0 unspecified atom stereocenters. The smallest absolute Gasteiger partial charge is 0.309 e. The largest absolute Gasteiger partial charge is 0.481 e. The maximum absolute atomic E-state index is 10.4. The molecule has 0 radical (unpaired) electrons. The molecule has 0 aliphatic carbocycles. The van der Waals surface area contributed by atoms with E-state index in [0.29, 0.717) is 16.6 Å². The fourth-order valence-corrected chi connectivity index (χ4v) is 2.22. The van der Waals surface area contributed by atoms with Crippen LogP contribution in [0.5, 0.6) is 0 Å². The maximum Gasteiger partial charge on any atom is 0.309 e. The molecule has 4 rings (SSSR count). The average Bonchev–Trinajstić information content (AvgIpc) is 3.25. The zero-order valence-corrected chi connectivity index (χ0v) is 12.7. The van der Waals surface area contributed by atoms with Crippen LogP contribution in [0.4, 0.5) is 0 Å². The van der Waals surface area contributed by atoms with Gasteiger partial charge in [-0.1, -0.05) is 29.8 Å². The fraction of sp³-hybridized carbons (Fsp3) is 0.0588. The van der Waals surface area contributed by atoms with Gasteiger partial charge in [-0.05, 0) is 24.3 Å². The third-order valence-corrected chi connectivity index (χ3v) is 3.33. The van der Waals surface area contributed by atoms with Gasteiger partial charge in [-0.3, -0.25) is 4.79 Å². The Hall–Kier alpha value is -2.79. The number of fused-ring (bicyclic) bond motifs is 2. The van der Waals surface area contributed by atoms with E-state index in [1.165, 1.54) is 6.26 Å². The summed E-state index contributed by atoms with van der Waals surface area (Å²) >= 11 is 5.64. The van der Waals surface area contributed by atoms with Crippen LogP contribution in [0.15, 0.2) is 63.6 Å². The SMILES string of the molecule is Clc1cc2ccc1o2.O=C(O)Cc1coc(-c2ccccc2)n1. The summed E-state index contributed by atoms with van der Waals surface area (Å²) in [7, 11) is 0. The van der Waals surface area contributed by atoms with Crippen LogP contribution in [0, 0.1) is 0 Å². The lowest BCUT2D eigenvalue weighted by Gasteiger charge is -1.91. The second-order valence-electron chi connectivity index (χ2n) is 4.77. The van der Waals surface area contributed by atoms with Gasteiger partial charge in [-0.2, -0.15) is 0 Å². The fourth-order valence-electron chi connectivity index (χ4n) is 2.01. The van der Waals surface area contributed by atoms with Crippen molar-refractivity contribution in [2.75, 3.05) is 0 Å². The van der Waals surface area contributed by atoms with Crippen LogP contribution in [0.1, 0.15) is 5.69 Å². The Bertz CT molecular complexity index is 897. The average molecular weight is 330 g/mol. The van der Waals surface area contributed by atoms with Crippen LogP contribution >= 0.6 is 11.6 Å². The van der Waals surface area contributed by atoms with Crippen LogP contribution in [0.2, 0.25) is 5.02 Å². The van der Waals surface area contributed by atoms with Gasteiger partial charge in [0.25, 0.3) is 0 Å². The molecule has 0 saturated heterocycles. The van der Waals surface area contributed by atoms with Gasteiger partial charge < -0.3 is 13.9 Å². The Balaban J connectivity index is 0.000000162. The Morgan fingerprint density at radius 3 is 2.48 bits per heavy atom. The number of furan rings is 2. The molecule has 0 spiro atoms. The van der Waals surface area contributed by atoms with Crippen molar-refractivity contribution in [2.24, 2.45) is 0 Å². The lowest BCUT2D eigenvalue weighted by atomic mass is 10.2. The molecule has 0 fully saturated rings. The van der Waals surface area contributed by atoms with E-state index in [9.17, 15) is 4.79 Å². The Labute approximate surface area is 136 Å². The van der Waals surface area contributed by atoms with Crippen molar-refractivity contribution in [3.63, 3.8) is 0 Å². The number of carboxylic acid groups (broad SMARTS) is 1. The van der Waals surface area contributed by atoms with E-state index in [-0.39, 0.29) is 6.42 Å². The summed E-state index contributed by atoms with van der Waals surface area (Å²) < 4.78 is 10.3. The molecule has 3 heterocycles. The maximum atomic E-state index is 10.4. The molecule has 0 amide bonds. The third-order valence-electron chi connectivity index (χ3n) is 3.04. The summed E-state index contributed by atoms with van der Waals surface area (Å²) in [4.78, 5) is 14.5. The summed E-state index contributed by atoms with van der Waals surface area (Å²) in [6, 6.07) is 14.9. The van der Waals surface area contributed by atoms with E-state index in [1.54, 1.807) is 6.07 Å². The molecule has 5 nitrogen and oxygen atoms in total. The van der Waals surface area contributed by atoms with E-state index in [2.05, 4.69) is 4.98 Å². The molecule has 0 aliphatic heterocycles. The van der Waals surface area contributed by atoms with Gasteiger partial charge in [0, 0.05) is 11.6 Å². The molecule has 0 aliphatic rings. The summed E-state index contributed by atoms with van der Waals surface area (Å²) in [5.41, 5.74) is 2.90. The molecule has 116 valence electrons. The first kappa shape index (κ1) is 15.1. The van der Waals surface area contributed by atoms with Gasteiger partial charge in [-0.15, -0.1) is 0 Å². The van der Waals surface area contributed by atoms with Crippen molar-refractivity contribution in [3.8, 4) is 11.5 Å². The molecule has 4 aromatic rings. The summed E-state index contributed by atoms with van der Waals surface area (Å²) in [5, 5.41) is 9.28. The standard InChI is InChI=1S/C11H9NO3.C6H3ClO/c13-10(14)6-9-7-15-11(12-9)8-4-2-1-3-5-8;7-5-3-4-1-2-6(5)8-4/h1-5,7H,6H2,(H,13,14);1-3H. The second kappa shape index (κ2) is 6.54. The van der Waals surface area contributed by atoms with E-state index in [4.69, 9.17) is 25.5 Å². The molecular formula is C17H12ClNO4. The van der Waals surface area contributed by atoms with E-state index in [1.807, 2.05) is 42.5 Å². The van der Waals surface area contributed by atoms with Crippen molar-refractivity contribution >= 4 is 28.7 Å². The Kier molecular flexibility index (Phi) is 4.30. The van der Waals surface area contributed by atoms with Crippen LogP contribution in [0.3, 0.4) is 0 Å². The van der Waals surface area contributed by atoms with Gasteiger partial charge in [-0.25, -0.2) is 4.98 Å². The molecule has 1 N–H and O–H groups in total. The Morgan fingerprint density at radius 2 is 1.96 bits per heavy atom. The van der Waals surface area contributed by atoms with Gasteiger partial charge >= 0.3 is 5.97 Å². The molecule has 0 saturated carbocycles. The molecule has 6 heteroatoms. The molecule has 2 bridgehead atoms. The lowest BCUT2D eigenvalue weighted by Crippen LogP contribution is -1.99. The van der Waals surface area contributed by atoms with Crippen LogP contribution in [-0.4, -0.2) is 16.1 Å². The van der Waals surface area contributed by atoms with Gasteiger partial charge in [0.2, 0.25) is 5.89 Å². The minimum Gasteiger partial charge on any atom is -0.481 e. The van der Waals surface area contributed by atoms with Gasteiger partial charge in [0.1, 0.15) is 17.4 Å². The number of hydrogen-bond acceptors (Lipinski definition) is 4. The van der Waals surface area contributed by atoms with Crippen LogP contribution in [0.25, 0.3) is 22.6 Å². The van der Waals surface area contributed by atoms with Crippen molar-refractivity contribution in [1.29, 1.82) is 0 Å². The topological polar surface area (TPSA) is 76.5 Å². The summed E-state index contributed by atoms with van der Waals surface area (Å²) in [6.45, 7) is 0. The first-order valence-corrected chi connectivity index (χ1v) is 7.18. The number of halogens is 1. The highest BCUT2D eigenvalue weighted by Gasteiger charge is 2.08. The number of benzene rings is 2.